The normalized spacial score (nSPS) is 28.3. The zero-order chi connectivity index (χ0) is 22.4. The average Bonchev–Trinajstić information content (AvgIpc) is 3.24. The quantitative estimate of drug-likeness (QED) is 0.550. The second-order valence-corrected chi connectivity index (χ2v) is 8.80. The number of anilines is 2. The Morgan fingerprint density at radius 3 is 1.06 bits per heavy atom. The Balaban J connectivity index is 1.53. The Kier molecular flexibility index (Phi) is 3.38. The highest BCUT2D eigenvalue weighted by Crippen LogP contribution is 2.63. The molecule has 2 aliphatic heterocycles. The number of allylic oxidation sites excluding steroid dienone is 2. The highest BCUT2D eigenvalue weighted by molar-refractivity contribution is 6.40. The van der Waals surface area contributed by atoms with Crippen LogP contribution in [0.4, 0.5) is 11.4 Å². The van der Waals surface area contributed by atoms with Crippen LogP contribution in [-0.2, 0) is 19.2 Å². The Labute approximate surface area is 184 Å². The molecule has 0 saturated carbocycles. The van der Waals surface area contributed by atoms with Gasteiger partial charge in [-0.1, -0.05) is 48.6 Å². The number of hydrogen-bond donors (Lipinski definition) is 0. The largest absolute Gasteiger partial charge is 0.269 e. The van der Waals surface area contributed by atoms with Gasteiger partial charge in [0.1, 0.15) is 0 Å². The number of rotatable bonds is 2. The molecule has 2 bridgehead atoms. The summed E-state index contributed by atoms with van der Waals surface area (Å²) in [4.78, 5) is 56.7. The van der Waals surface area contributed by atoms with Crippen molar-refractivity contribution in [1.82, 2.24) is 0 Å². The first-order valence-electron chi connectivity index (χ1n) is 10.4. The molecule has 2 aromatic carbocycles. The van der Waals surface area contributed by atoms with Gasteiger partial charge in [-0.3, -0.25) is 19.2 Å². The Hall–Kier alpha value is -4.06. The molecule has 2 aromatic rings. The Morgan fingerprint density at radius 1 is 0.500 bits per heavy atom. The molecule has 6 nitrogen and oxygen atoms in total. The molecule has 4 amide bonds. The van der Waals surface area contributed by atoms with Crippen LogP contribution in [0.3, 0.4) is 0 Å². The van der Waals surface area contributed by atoms with Crippen molar-refractivity contribution in [3.63, 3.8) is 0 Å². The minimum absolute atomic E-state index is 0.283. The van der Waals surface area contributed by atoms with Crippen molar-refractivity contribution in [2.45, 2.75) is 13.8 Å². The third kappa shape index (κ3) is 1.95. The summed E-state index contributed by atoms with van der Waals surface area (Å²) in [7, 11) is 0. The van der Waals surface area contributed by atoms with E-state index in [2.05, 4.69) is 0 Å². The van der Waals surface area contributed by atoms with E-state index < -0.39 is 34.5 Å². The standard InChI is InChI=1S/C26H18N2O4/c1-25-13-14-26(2,19-17(25)21(29)27(23(19)31)15-9-5-3-6-10-15)20-18(25)22(30)28(24(20)32)16-11-7-4-8-12-16/h3-14H,1-2H3. The van der Waals surface area contributed by atoms with Gasteiger partial charge in [0, 0.05) is 33.1 Å². The number of benzene rings is 2. The molecule has 0 aromatic heterocycles. The molecule has 156 valence electrons. The summed E-state index contributed by atoms with van der Waals surface area (Å²) in [6, 6.07) is 17.4. The van der Waals surface area contributed by atoms with Crippen molar-refractivity contribution < 1.29 is 19.2 Å². The first-order chi connectivity index (χ1) is 15.3. The van der Waals surface area contributed by atoms with Gasteiger partial charge in [0.25, 0.3) is 23.6 Å². The van der Waals surface area contributed by atoms with Gasteiger partial charge in [0.05, 0.1) is 11.4 Å². The zero-order valence-electron chi connectivity index (χ0n) is 17.5. The van der Waals surface area contributed by atoms with Crippen LogP contribution in [-0.4, -0.2) is 23.6 Å². The van der Waals surface area contributed by atoms with E-state index in [0.29, 0.717) is 11.4 Å². The molecular formula is C26H18N2O4. The van der Waals surface area contributed by atoms with Gasteiger partial charge in [0.15, 0.2) is 0 Å². The minimum Gasteiger partial charge on any atom is -0.269 e. The summed E-state index contributed by atoms with van der Waals surface area (Å²) >= 11 is 0. The zero-order valence-corrected chi connectivity index (χ0v) is 17.5. The average molecular weight is 422 g/mol. The predicted octanol–water partition coefficient (Wildman–Crippen LogP) is 3.32. The number of hydrogen-bond acceptors (Lipinski definition) is 4. The number of carbonyl (C=O) groups excluding carboxylic acids is 4. The first-order valence-corrected chi connectivity index (χ1v) is 10.4. The van der Waals surface area contributed by atoms with E-state index >= 15 is 0 Å². The van der Waals surface area contributed by atoms with Crippen LogP contribution in [0.1, 0.15) is 13.8 Å². The number of nitrogens with zero attached hydrogens (tertiary/aromatic N) is 2. The van der Waals surface area contributed by atoms with Gasteiger partial charge in [-0.25, -0.2) is 9.80 Å². The summed E-state index contributed by atoms with van der Waals surface area (Å²) in [5, 5.41) is 0. The maximum absolute atomic E-state index is 13.6. The van der Waals surface area contributed by atoms with Crippen molar-refractivity contribution in [2.24, 2.45) is 10.8 Å². The van der Waals surface area contributed by atoms with E-state index in [4.69, 9.17) is 0 Å². The molecule has 6 heteroatoms. The summed E-state index contributed by atoms with van der Waals surface area (Å²) in [5.74, 6) is -1.78. The van der Waals surface area contributed by atoms with Crippen LogP contribution in [0.2, 0.25) is 0 Å². The van der Waals surface area contributed by atoms with Gasteiger partial charge in [0.2, 0.25) is 0 Å². The second-order valence-electron chi connectivity index (χ2n) is 8.80. The third-order valence-corrected chi connectivity index (χ3v) is 7.02. The number of carbonyl (C=O) groups is 4. The molecule has 7 rings (SSSR count). The van der Waals surface area contributed by atoms with Crippen molar-refractivity contribution in [1.29, 1.82) is 0 Å². The topological polar surface area (TPSA) is 74.8 Å². The molecule has 2 heterocycles. The molecule has 3 aliphatic carbocycles. The molecular weight excluding hydrogens is 404 g/mol. The van der Waals surface area contributed by atoms with Crippen LogP contribution in [0.25, 0.3) is 0 Å². The Bertz CT molecular complexity index is 1210. The molecule has 0 N–H and O–H groups in total. The molecule has 32 heavy (non-hydrogen) atoms. The molecule has 0 fully saturated rings. The maximum Gasteiger partial charge on any atom is 0.263 e. The van der Waals surface area contributed by atoms with E-state index in [1.165, 1.54) is 0 Å². The Morgan fingerprint density at radius 2 is 0.781 bits per heavy atom. The van der Waals surface area contributed by atoms with Crippen molar-refractivity contribution in [3.8, 4) is 0 Å². The summed E-state index contributed by atoms with van der Waals surface area (Å²) < 4.78 is 0. The molecule has 5 aliphatic rings. The van der Waals surface area contributed by atoms with Crippen molar-refractivity contribution in [3.05, 3.63) is 95.1 Å². The van der Waals surface area contributed by atoms with Crippen LogP contribution >= 0.6 is 0 Å². The lowest BCUT2D eigenvalue weighted by atomic mass is 9.55. The van der Waals surface area contributed by atoms with Crippen LogP contribution in [0.15, 0.2) is 95.1 Å². The third-order valence-electron chi connectivity index (χ3n) is 7.02. The van der Waals surface area contributed by atoms with E-state index in [0.717, 1.165) is 9.80 Å². The summed E-state index contributed by atoms with van der Waals surface area (Å²) in [6.07, 6.45) is 3.59. The molecule has 0 spiro atoms. The fraction of sp³-hybridized carbons (Fsp3) is 0.154. The smallest absolute Gasteiger partial charge is 0.263 e. The van der Waals surface area contributed by atoms with Gasteiger partial charge >= 0.3 is 0 Å². The van der Waals surface area contributed by atoms with Gasteiger partial charge in [-0.15, -0.1) is 0 Å². The lowest BCUT2D eigenvalue weighted by Gasteiger charge is -2.44. The summed E-state index contributed by atoms with van der Waals surface area (Å²) in [5.41, 5.74) is -0.252. The first kappa shape index (κ1) is 18.7. The number of imide groups is 2. The number of amides is 4. The van der Waals surface area contributed by atoms with E-state index in [1.807, 2.05) is 0 Å². The van der Waals surface area contributed by atoms with Crippen molar-refractivity contribution in [2.75, 3.05) is 9.80 Å². The van der Waals surface area contributed by atoms with E-state index in [-0.39, 0.29) is 22.3 Å². The minimum atomic E-state index is -1.16. The highest BCUT2D eigenvalue weighted by atomic mass is 16.2. The van der Waals surface area contributed by atoms with Crippen LogP contribution in [0, 0.1) is 10.8 Å². The van der Waals surface area contributed by atoms with Crippen LogP contribution < -0.4 is 9.80 Å². The maximum atomic E-state index is 13.6. The predicted molar refractivity (Wildman–Crippen MR) is 117 cm³/mol. The van der Waals surface area contributed by atoms with Gasteiger partial charge < -0.3 is 0 Å². The molecule has 0 unspecified atom stereocenters. The highest BCUT2D eigenvalue weighted by Gasteiger charge is 2.66. The molecule has 0 saturated heterocycles. The van der Waals surface area contributed by atoms with Gasteiger partial charge in [-0.05, 0) is 38.1 Å². The number of para-hydroxylation sites is 2. The lowest BCUT2D eigenvalue weighted by molar-refractivity contribution is -0.121. The van der Waals surface area contributed by atoms with Crippen molar-refractivity contribution >= 4 is 35.0 Å². The fourth-order valence-corrected chi connectivity index (χ4v) is 5.53. The fourth-order valence-electron chi connectivity index (χ4n) is 5.53. The monoisotopic (exact) mass is 422 g/mol. The molecule has 0 radical (unpaired) electrons. The lowest BCUT2D eigenvalue weighted by Crippen LogP contribution is -2.41. The van der Waals surface area contributed by atoms with Crippen LogP contribution in [0.5, 0.6) is 0 Å². The van der Waals surface area contributed by atoms with E-state index in [1.54, 1.807) is 86.7 Å². The molecule has 0 atom stereocenters. The SMILES string of the molecule is CC12C=CC(C)(C3=C1C(=O)N(c1ccccc1)C3=O)C1=C2C(=O)N(c2ccccc2)C1=O. The summed E-state index contributed by atoms with van der Waals surface area (Å²) in [6.45, 7) is 3.48. The second kappa shape index (κ2) is 5.79. The van der Waals surface area contributed by atoms with Gasteiger partial charge in [-0.2, -0.15) is 0 Å². The van der Waals surface area contributed by atoms with E-state index in [9.17, 15) is 19.2 Å².